The van der Waals surface area contributed by atoms with Gasteiger partial charge in [-0.3, -0.25) is 0 Å². The highest BCUT2D eigenvalue weighted by Gasteiger charge is 2.53. The quantitative estimate of drug-likeness (QED) is 0.383. The molecule has 3 aromatic carbocycles. The number of ether oxygens (including phenoxy) is 1. The topological polar surface area (TPSA) is 38.7 Å². The van der Waals surface area contributed by atoms with Crippen LogP contribution in [0.5, 0.6) is 0 Å². The van der Waals surface area contributed by atoms with Gasteiger partial charge in [0, 0.05) is 7.11 Å². The largest absolute Gasteiger partial charge is 0.412 e. The molecule has 2 atom stereocenters. The Morgan fingerprint density at radius 3 is 1.43 bits per heavy atom. The van der Waals surface area contributed by atoms with Crippen LogP contribution in [0.25, 0.3) is 0 Å². The first-order valence-electron chi connectivity index (χ1n) is 10.4. The second-order valence-corrected chi connectivity index (χ2v) is 12.3. The summed E-state index contributed by atoms with van der Waals surface area (Å²) in [7, 11) is -0.689. The van der Waals surface area contributed by atoms with E-state index in [-0.39, 0.29) is 5.73 Å². The number of benzene rings is 3. The fraction of sp³-hybridized carbons (Fsp3) is 0.308. The molecule has 4 heteroatoms. The predicted molar refractivity (Wildman–Crippen MR) is 125 cm³/mol. The van der Waals surface area contributed by atoms with Crippen LogP contribution in [0.2, 0.25) is 13.1 Å². The Labute approximate surface area is 181 Å². The Hall–Kier alpha value is -2.24. The highest BCUT2D eigenvalue weighted by atomic mass is 28.4. The summed E-state index contributed by atoms with van der Waals surface area (Å²) in [4.78, 5) is 0. The predicted octanol–water partition coefficient (Wildman–Crippen LogP) is 5.18. The average Bonchev–Trinajstić information content (AvgIpc) is 2.78. The van der Waals surface area contributed by atoms with Crippen molar-refractivity contribution in [3.8, 4) is 0 Å². The van der Waals surface area contributed by atoms with Crippen LogP contribution in [0.1, 0.15) is 23.6 Å². The Morgan fingerprint density at radius 1 is 0.767 bits per heavy atom. The molecule has 0 saturated carbocycles. The molecule has 3 rings (SSSR count). The Bertz CT molecular complexity index is 799. The monoisotopic (exact) mass is 420 g/mol. The number of hydrogen-bond donors (Lipinski definition) is 1. The number of hydrogen-bond acceptors (Lipinski definition) is 3. The molecule has 0 aliphatic rings. The first-order valence-corrected chi connectivity index (χ1v) is 13.4. The molecular formula is C26H32O3Si. The lowest BCUT2D eigenvalue weighted by Gasteiger charge is -2.47. The van der Waals surface area contributed by atoms with E-state index in [9.17, 15) is 5.11 Å². The molecule has 0 aliphatic carbocycles. The summed E-state index contributed by atoms with van der Waals surface area (Å²) in [6, 6.07) is 31.6. The van der Waals surface area contributed by atoms with Gasteiger partial charge >= 0.3 is 0 Å². The minimum atomic E-state index is -2.46. The molecule has 0 saturated heterocycles. The van der Waals surface area contributed by atoms with Crippen LogP contribution in [0, 0.1) is 0 Å². The molecule has 0 aromatic heterocycles. The number of rotatable bonds is 9. The summed E-state index contributed by atoms with van der Waals surface area (Å²) in [5.74, 6) is 0. The van der Waals surface area contributed by atoms with Gasteiger partial charge in [-0.25, -0.2) is 0 Å². The molecule has 0 fully saturated rings. The number of aliphatic hydroxyl groups excluding tert-OH is 1. The molecule has 1 N–H and O–H groups in total. The number of methoxy groups -OCH3 is 1. The summed E-state index contributed by atoms with van der Waals surface area (Å²) >= 11 is 0. The van der Waals surface area contributed by atoms with Gasteiger partial charge in [0.1, 0.15) is 0 Å². The average molecular weight is 421 g/mol. The van der Waals surface area contributed by atoms with Crippen LogP contribution < -0.4 is 0 Å². The normalized spacial score (nSPS) is 14.3. The zero-order valence-corrected chi connectivity index (χ0v) is 19.3. The molecular weight excluding hydrogens is 388 g/mol. The Morgan fingerprint density at radius 2 is 1.13 bits per heavy atom. The molecule has 3 aromatic rings. The second kappa shape index (κ2) is 9.71. The third-order valence-electron chi connectivity index (χ3n) is 5.64. The molecule has 0 aliphatic heterocycles. The summed E-state index contributed by atoms with van der Waals surface area (Å²) in [5, 5.41) is 9.88. The molecule has 0 radical (unpaired) electrons. The summed E-state index contributed by atoms with van der Waals surface area (Å²) in [6.45, 7) is 6.40. The van der Waals surface area contributed by atoms with Crippen LogP contribution >= 0.6 is 0 Å². The molecule has 0 bridgehead atoms. The first kappa shape index (κ1) is 22.4. The van der Waals surface area contributed by atoms with E-state index in [2.05, 4.69) is 85.9 Å². The van der Waals surface area contributed by atoms with Gasteiger partial charge in [0.2, 0.25) is 8.32 Å². The molecule has 0 heterocycles. The lowest BCUT2D eigenvalue weighted by molar-refractivity contribution is 0.0728. The van der Waals surface area contributed by atoms with Gasteiger partial charge in [-0.2, -0.15) is 0 Å². The van der Waals surface area contributed by atoms with Gasteiger partial charge < -0.3 is 14.3 Å². The van der Waals surface area contributed by atoms with Gasteiger partial charge in [-0.05, 0) is 36.7 Å². The Kier molecular flexibility index (Phi) is 7.26. The van der Waals surface area contributed by atoms with E-state index in [1.54, 1.807) is 14.0 Å². The SMILES string of the molecule is CO[C@@H](C(c1ccccc1)(c1ccccc1)c1ccccc1)[Si](C)(C)OC[C@H](C)O. The minimum absolute atomic E-state index is 0.226. The summed E-state index contributed by atoms with van der Waals surface area (Å²) < 4.78 is 12.7. The lowest BCUT2D eigenvalue weighted by Crippen LogP contribution is -2.59. The van der Waals surface area contributed by atoms with E-state index in [1.165, 1.54) is 0 Å². The molecule has 0 spiro atoms. The first-order chi connectivity index (χ1) is 14.4. The van der Waals surface area contributed by atoms with E-state index in [4.69, 9.17) is 9.16 Å². The van der Waals surface area contributed by atoms with Crippen LogP contribution in [-0.4, -0.2) is 39.0 Å². The van der Waals surface area contributed by atoms with Crippen LogP contribution in [-0.2, 0) is 14.6 Å². The van der Waals surface area contributed by atoms with E-state index >= 15 is 0 Å². The number of aliphatic hydroxyl groups is 1. The zero-order valence-electron chi connectivity index (χ0n) is 18.3. The van der Waals surface area contributed by atoms with Crippen molar-refractivity contribution < 1.29 is 14.3 Å². The second-order valence-electron chi connectivity index (χ2n) is 8.29. The molecule has 158 valence electrons. The van der Waals surface area contributed by atoms with Crippen LogP contribution in [0.4, 0.5) is 0 Å². The van der Waals surface area contributed by atoms with Crippen molar-refractivity contribution in [1.29, 1.82) is 0 Å². The maximum atomic E-state index is 9.88. The van der Waals surface area contributed by atoms with E-state index in [1.807, 2.05) is 18.2 Å². The molecule has 0 unspecified atom stereocenters. The summed E-state index contributed by atoms with van der Waals surface area (Å²) in [5.41, 5.74) is 2.71. The Balaban J connectivity index is 2.33. The fourth-order valence-corrected chi connectivity index (χ4v) is 7.38. The van der Waals surface area contributed by atoms with Gasteiger partial charge in [0.05, 0.1) is 23.9 Å². The van der Waals surface area contributed by atoms with Crippen molar-refractivity contribution in [3.05, 3.63) is 108 Å². The smallest absolute Gasteiger partial charge is 0.216 e. The summed E-state index contributed by atoms with van der Waals surface area (Å²) in [6.07, 6.45) is -0.520. The maximum Gasteiger partial charge on any atom is 0.216 e. The molecule has 30 heavy (non-hydrogen) atoms. The third kappa shape index (κ3) is 4.42. The van der Waals surface area contributed by atoms with Gasteiger partial charge in [-0.1, -0.05) is 91.0 Å². The van der Waals surface area contributed by atoms with E-state index in [0.29, 0.717) is 6.61 Å². The fourth-order valence-electron chi connectivity index (χ4n) is 4.45. The van der Waals surface area contributed by atoms with Crippen LogP contribution in [0.15, 0.2) is 91.0 Å². The van der Waals surface area contributed by atoms with E-state index in [0.717, 1.165) is 16.7 Å². The standard InChI is InChI=1S/C26H32O3Si/c1-21(27)20-29-30(3,4)25(28-2)26(22-14-8-5-9-15-22,23-16-10-6-11-17-23)24-18-12-7-13-19-24/h5-19,21,25,27H,20H2,1-4H3/t21-,25+/m0/s1. The van der Waals surface area contributed by atoms with Crippen molar-refractivity contribution in [1.82, 2.24) is 0 Å². The molecule has 0 amide bonds. The van der Waals surface area contributed by atoms with E-state index < -0.39 is 19.8 Å². The highest BCUT2D eigenvalue weighted by molar-refractivity contribution is 6.73. The van der Waals surface area contributed by atoms with Gasteiger partial charge in [0.15, 0.2) is 0 Å². The molecule has 3 nitrogen and oxygen atoms in total. The van der Waals surface area contributed by atoms with Crippen LogP contribution in [0.3, 0.4) is 0 Å². The van der Waals surface area contributed by atoms with Gasteiger partial charge in [-0.15, -0.1) is 0 Å². The van der Waals surface area contributed by atoms with Crippen molar-refractivity contribution in [3.63, 3.8) is 0 Å². The van der Waals surface area contributed by atoms with Crippen molar-refractivity contribution in [2.24, 2.45) is 0 Å². The maximum absolute atomic E-state index is 9.88. The minimum Gasteiger partial charge on any atom is -0.412 e. The zero-order chi connectivity index (χ0) is 21.6. The lowest BCUT2D eigenvalue weighted by atomic mass is 9.69. The van der Waals surface area contributed by atoms with Crippen molar-refractivity contribution in [2.45, 2.75) is 37.3 Å². The van der Waals surface area contributed by atoms with Gasteiger partial charge in [0.25, 0.3) is 0 Å². The third-order valence-corrected chi connectivity index (χ3v) is 8.49. The van der Waals surface area contributed by atoms with Crippen molar-refractivity contribution >= 4 is 8.32 Å². The highest BCUT2D eigenvalue weighted by Crippen LogP contribution is 2.46. The van der Waals surface area contributed by atoms with Crippen molar-refractivity contribution in [2.75, 3.05) is 13.7 Å².